The number of rotatable bonds is 7. The van der Waals surface area contributed by atoms with Gasteiger partial charge in [0.25, 0.3) is 0 Å². The lowest BCUT2D eigenvalue weighted by Gasteiger charge is -2.12. The van der Waals surface area contributed by atoms with E-state index in [0.29, 0.717) is 4.90 Å². The third-order valence-electron chi connectivity index (χ3n) is 3.07. The Morgan fingerprint density at radius 1 is 1.06 bits per heavy atom. The third kappa shape index (κ3) is 4.15. The molecule has 0 radical (unpaired) electrons. The molecule has 0 aliphatic carbocycles. The molecule has 0 fully saturated rings. The fraction of sp³-hybridized carbons (Fsp3) is 0.571. The highest BCUT2D eigenvalue weighted by atomic mass is 32.2. The Morgan fingerprint density at radius 3 is 2.29 bits per heavy atom. The van der Waals surface area contributed by atoms with Crippen LogP contribution < -0.4 is 0 Å². The molecule has 0 spiro atoms. The summed E-state index contributed by atoms with van der Waals surface area (Å²) in [6.07, 6.45) is 5.27. The Bertz CT molecular complexity index is 409. The highest BCUT2D eigenvalue weighted by Gasteiger charge is 2.22. The van der Waals surface area contributed by atoms with Crippen LogP contribution in [-0.4, -0.2) is 13.7 Å². The third-order valence-corrected chi connectivity index (χ3v) is 5.29. The topological polar surface area (TPSA) is 34.1 Å². The number of sulfone groups is 1. The molecule has 0 bridgehead atoms. The van der Waals surface area contributed by atoms with Crippen LogP contribution in [0.4, 0.5) is 0 Å². The summed E-state index contributed by atoms with van der Waals surface area (Å²) < 4.78 is 24.4. The minimum absolute atomic E-state index is 0.276. The normalized spacial score (nSPS) is 13.5. The zero-order valence-corrected chi connectivity index (χ0v) is 11.5. The molecule has 2 nitrogen and oxygen atoms in total. The van der Waals surface area contributed by atoms with Crippen LogP contribution in [0, 0.1) is 0 Å². The van der Waals surface area contributed by atoms with Gasteiger partial charge in [-0.3, -0.25) is 0 Å². The Hall–Kier alpha value is -0.830. The SMILES string of the molecule is CCCCCC[C@@H](C)S(=O)(=O)c1ccccc1. The van der Waals surface area contributed by atoms with Crippen LogP contribution in [0.15, 0.2) is 35.2 Å². The maximum absolute atomic E-state index is 12.2. The standard InChI is InChI=1S/C14H22O2S/c1-3-4-5-7-10-13(2)17(15,16)14-11-8-6-9-12-14/h6,8-9,11-13H,3-5,7,10H2,1-2H3/t13-/m1/s1. The van der Waals surface area contributed by atoms with Gasteiger partial charge in [-0.15, -0.1) is 0 Å². The molecule has 0 heterocycles. The van der Waals surface area contributed by atoms with Crippen LogP contribution in [0.2, 0.25) is 0 Å². The van der Waals surface area contributed by atoms with Gasteiger partial charge in [-0.2, -0.15) is 0 Å². The van der Waals surface area contributed by atoms with Crippen LogP contribution in [0.25, 0.3) is 0 Å². The van der Waals surface area contributed by atoms with E-state index in [1.165, 1.54) is 12.8 Å². The highest BCUT2D eigenvalue weighted by molar-refractivity contribution is 7.92. The summed E-state index contributed by atoms with van der Waals surface area (Å²) in [6, 6.07) is 8.74. The van der Waals surface area contributed by atoms with Gasteiger partial charge in [0.2, 0.25) is 0 Å². The molecule has 0 saturated heterocycles. The van der Waals surface area contributed by atoms with Crippen molar-refractivity contribution in [1.29, 1.82) is 0 Å². The summed E-state index contributed by atoms with van der Waals surface area (Å²) in [5.74, 6) is 0. The van der Waals surface area contributed by atoms with Crippen LogP contribution >= 0.6 is 0 Å². The average Bonchev–Trinajstić information content (AvgIpc) is 2.35. The van der Waals surface area contributed by atoms with Crippen molar-refractivity contribution in [3.05, 3.63) is 30.3 Å². The maximum atomic E-state index is 12.2. The summed E-state index contributed by atoms with van der Waals surface area (Å²) in [5, 5.41) is -0.276. The summed E-state index contributed by atoms with van der Waals surface area (Å²) in [7, 11) is -3.13. The fourth-order valence-electron chi connectivity index (χ4n) is 1.86. The van der Waals surface area contributed by atoms with Gasteiger partial charge in [-0.25, -0.2) is 8.42 Å². The second-order valence-corrected chi connectivity index (χ2v) is 6.88. The van der Waals surface area contributed by atoms with Gasteiger partial charge in [-0.1, -0.05) is 50.8 Å². The lowest BCUT2D eigenvalue weighted by atomic mass is 10.1. The van der Waals surface area contributed by atoms with Gasteiger partial charge >= 0.3 is 0 Å². The highest BCUT2D eigenvalue weighted by Crippen LogP contribution is 2.19. The molecular formula is C14H22O2S. The average molecular weight is 254 g/mol. The predicted octanol–water partition coefficient (Wildman–Crippen LogP) is 3.82. The lowest BCUT2D eigenvalue weighted by Crippen LogP contribution is -2.17. The molecule has 0 saturated carbocycles. The van der Waals surface area contributed by atoms with E-state index < -0.39 is 9.84 Å². The van der Waals surface area contributed by atoms with Gasteiger partial charge < -0.3 is 0 Å². The molecule has 0 unspecified atom stereocenters. The van der Waals surface area contributed by atoms with E-state index in [4.69, 9.17) is 0 Å². The second-order valence-electron chi connectivity index (χ2n) is 4.52. The summed E-state index contributed by atoms with van der Waals surface area (Å²) >= 11 is 0. The van der Waals surface area contributed by atoms with Gasteiger partial charge in [0.15, 0.2) is 9.84 Å². The van der Waals surface area contributed by atoms with E-state index in [1.54, 1.807) is 24.3 Å². The minimum Gasteiger partial charge on any atom is -0.223 e. The molecule has 1 atom stereocenters. The van der Waals surface area contributed by atoms with E-state index in [2.05, 4.69) is 6.92 Å². The zero-order chi connectivity index (χ0) is 12.7. The Labute approximate surface area is 105 Å². The summed E-state index contributed by atoms with van der Waals surface area (Å²) in [6.45, 7) is 3.97. The monoisotopic (exact) mass is 254 g/mol. The van der Waals surface area contributed by atoms with Crippen molar-refractivity contribution in [2.75, 3.05) is 0 Å². The first-order chi connectivity index (χ1) is 8.09. The second kappa shape index (κ2) is 6.80. The molecule has 0 aliphatic heterocycles. The van der Waals surface area contributed by atoms with E-state index in [-0.39, 0.29) is 5.25 Å². The van der Waals surface area contributed by atoms with Crippen molar-refractivity contribution >= 4 is 9.84 Å². The maximum Gasteiger partial charge on any atom is 0.180 e. The van der Waals surface area contributed by atoms with Gasteiger partial charge in [0, 0.05) is 0 Å². The molecule has 96 valence electrons. The Balaban J connectivity index is 2.59. The van der Waals surface area contributed by atoms with E-state index >= 15 is 0 Å². The van der Waals surface area contributed by atoms with Crippen LogP contribution in [0.5, 0.6) is 0 Å². The molecule has 0 N–H and O–H groups in total. The minimum atomic E-state index is -3.13. The largest absolute Gasteiger partial charge is 0.223 e. The molecule has 1 aromatic rings. The molecule has 1 rings (SSSR count). The van der Waals surface area contributed by atoms with Crippen LogP contribution in [0.1, 0.15) is 46.0 Å². The van der Waals surface area contributed by atoms with Crippen molar-refractivity contribution in [2.24, 2.45) is 0 Å². The molecule has 0 amide bonds. The zero-order valence-electron chi connectivity index (χ0n) is 10.7. The number of hydrogen-bond acceptors (Lipinski definition) is 2. The van der Waals surface area contributed by atoms with Gasteiger partial charge in [0.1, 0.15) is 0 Å². The first-order valence-electron chi connectivity index (χ1n) is 6.38. The van der Waals surface area contributed by atoms with E-state index in [9.17, 15) is 8.42 Å². The van der Waals surface area contributed by atoms with Crippen LogP contribution in [0.3, 0.4) is 0 Å². The quantitative estimate of drug-likeness (QED) is 0.693. The van der Waals surface area contributed by atoms with Gasteiger partial charge in [-0.05, 0) is 25.5 Å². The molecule has 3 heteroatoms. The van der Waals surface area contributed by atoms with Crippen molar-refractivity contribution in [2.45, 2.75) is 56.1 Å². The number of hydrogen-bond donors (Lipinski definition) is 0. The van der Waals surface area contributed by atoms with Crippen molar-refractivity contribution < 1.29 is 8.42 Å². The Morgan fingerprint density at radius 2 is 1.71 bits per heavy atom. The molecular weight excluding hydrogens is 232 g/mol. The molecule has 0 aromatic heterocycles. The van der Waals surface area contributed by atoms with Crippen molar-refractivity contribution in [3.63, 3.8) is 0 Å². The number of benzene rings is 1. The predicted molar refractivity (Wildman–Crippen MR) is 71.8 cm³/mol. The lowest BCUT2D eigenvalue weighted by molar-refractivity contribution is 0.563. The first kappa shape index (κ1) is 14.2. The fourth-order valence-corrected chi connectivity index (χ4v) is 3.33. The summed E-state index contributed by atoms with van der Waals surface area (Å²) in [4.78, 5) is 0.447. The van der Waals surface area contributed by atoms with Crippen molar-refractivity contribution in [1.82, 2.24) is 0 Å². The van der Waals surface area contributed by atoms with Gasteiger partial charge in [0.05, 0.1) is 10.1 Å². The smallest absolute Gasteiger partial charge is 0.180 e. The first-order valence-corrected chi connectivity index (χ1v) is 7.92. The summed E-state index contributed by atoms with van der Waals surface area (Å²) in [5.41, 5.74) is 0. The van der Waals surface area contributed by atoms with E-state index in [0.717, 1.165) is 19.3 Å². The number of unbranched alkanes of at least 4 members (excludes halogenated alkanes) is 3. The molecule has 1 aromatic carbocycles. The Kier molecular flexibility index (Phi) is 5.69. The van der Waals surface area contributed by atoms with Crippen molar-refractivity contribution in [3.8, 4) is 0 Å². The van der Waals surface area contributed by atoms with E-state index in [1.807, 2.05) is 13.0 Å². The van der Waals surface area contributed by atoms with Crippen LogP contribution in [-0.2, 0) is 9.84 Å². The molecule has 17 heavy (non-hydrogen) atoms. The molecule has 0 aliphatic rings.